The zero-order valence-corrected chi connectivity index (χ0v) is 47.9. The zero-order valence-electron chi connectivity index (χ0n) is 46.1. The molecule has 0 aliphatic heterocycles. The fourth-order valence-electron chi connectivity index (χ4n) is 8.73. The predicted molar refractivity (Wildman–Crippen MR) is 321 cm³/mol. The first-order valence-corrected chi connectivity index (χ1v) is 28.1. The first-order valence-electron chi connectivity index (χ1n) is 26.8. The van der Waals surface area contributed by atoms with Gasteiger partial charge in [0.1, 0.15) is 48.0 Å². The Morgan fingerprint density at radius 2 is 1.00 bits per heavy atom. The maximum absolute atomic E-state index is 14.7. The lowest BCUT2D eigenvalue weighted by Gasteiger charge is -2.28. The molecule has 0 fully saturated rings. The molecular formula is C57H70N12O14S2. The fraction of sp³-hybridized carbons (Fsp3) is 0.351. The second kappa shape index (κ2) is 32.9. The molecule has 5 aromatic carbocycles. The third-order valence-corrected chi connectivity index (χ3v) is 14.1. The van der Waals surface area contributed by atoms with Crippen LogP contribution in [-0.4, -0.2) is 146 Å². The van der Waals surface area contributed by atoms with Gasteiger partial charge in [-0.3, -0.25) is 43.7 Å². The van der Waals surface area contributed by atoms with Crippen molar-refractivity contribution in [3.05, 3.63) is 148 Å². The summed E-state index contributed by atoms with van der Waals surface area (Å²) < 4.78 is 0. The SMILES string of the molecule is C[C@@H](O)[C@H](NC(=O)[C@H](CCCCN)NC(=O)[C@@H](Cc1ccc(NC(N)=O)cc1)NC(=O)[C@H](Cc1ccc(O)cc1)NC(=O)[C@@H](CS)NC(=O)[C@@H](N)Cc1ccc([N+](=O)[O-])cc1)C(=O)N[C@@H](CS)C(=O)N[C@@H](Cc1ccc2ccccc2c1)C(=O)O. The van der Waals surface area contributed by atoms with Crippen LogP contribution < -0.4 is 59.7 Å². The number of nitro groups is 1. The molecule has 0 saturated heterocycles. The van der Waals surface area contributed by atoms with E-state index in [1.54, 1.807) is 12.1 Å². The van der Waals surface area contributed by atoms with Gasteiger partial charge in [0.15, 0.2) is 0 Å². The number of non-ortho nitro benzene ring substituents is 1. The molecule has 454 valence electrons. The Labute approximate surface area is 499 Å². The number of nitrogens with one attached hydrogen (secondary N) is 8. The van der Waals surface area contributed by atoms with Crippen LogP contribution in [0.3, 0.4) is 0 Å². The minimum Gasteiger partial charge on any atom is -0.508 e. The molecule has 9 atom stereocenters. The number of unbranched alkanes of at least 4 members (excludes halogenated alkanes) is 1. The number of urea groups is 1. The van der Waals surface area contributed by atoms with E-state index < -0.39 is 113 Å². The highest BCUT2D eigenvalue weighted by molar-refractivity contribution is 7.80. The number of fused-ring (bicyclic) bond motifs is 1. The molecule has 0 saturated carbocycles. The molecule has 9 amide bonds. The summed E-state index contributed by atoms with van der Waals surface area (Å²) in [6.45, 7) is 1.36. The van der Waals surface area contributed by atoms with Crippen LogP contribution in [-0.2, 0) is 64.0 Å². The summed E-state index contributed by atoms with van der Waals surface area (Å²) >= 11 is 8.47. The van der Waals surface area contributed by atoms with E-state index in [9.17, 15) is 68.6 Å². The lowest BCUT2D eigenvalue weighted by molar-refractivity contribution is -0.384. The van der Waals surface area contributed by atoms with Crippen LogP contribution in [0.1, 0.15) is 48.4 Å². The van der Waals surface area contributed by atoms with Crippen LogP contribution in [0.2, 0.25) is 0 Å². The van der Waals surface area contributed by atoms with Crippen LogP contribution in [0.15, 0.2) is 115 Å². The van der Waals surface area contributed by atoms with Crippen LogP contribution in [0.25, 0.3) is 10.8 Å². The molecule has 85 heavy (non-hydrogen) atoms. The molecule has 17 N–H and O–H groups in total. The third kappa shape index (κ3) is 21.1. The number of carbonyl (C=O) groups is 9. The Hall–Kier alpha value is -8.83. The van der Waals surface area contributed by atoms with E-state index in [1.165, 1.54) is 79.7 Å². The zero-order chi connectivity index (χ0) is 62.3. The molecule has 0 radical (unpaired) electrons. The van der Waals surface area contributed by atoms with Crippen molar-refractivity contribution in [2.75, 3.05) is 23.4 Å². The van der Waals surface area contributed by atoms with Crippen molar-refractivity contribution >= 4 is 101 Å². The van der Waals surface area contributed by atoms with Gasteiger partial charge < -0.3 is 75.1 Å². The monoisotopic (exact) mass is 1210 g/mol. The van der Waals surface area contributed by atoms with Gasteiger partial charge in [-0.15, -0.1) is 0 Å². The van der Waals surface area contributed by atoms with Crippen molar-refractivity contribution in [2.24, 2.45) is 17.2 Å². The Bertz CT molecular complexity index is 3160. The lowest BCUT2D eigenvalue weighted by Crippen LogP contribution is -2.62. The quantitative estimate of drug-likeness (QED) is 0.0120. The van der Waals surface area contributed by atoms with Crippen LogP contribution in [0.4, 0.5) is 16.2 Å². The van der Waals surface area contributed by atoms with E-state index in [-0.39, 0.29) is 73.7 Å². The smallest absolute Gasteiger partial charge is 0.326 e. The molecular weight excluding hydrogens is 1140 g/mol. The first-order chi connectivity index (χ1) is 40.5. The summed E-state index contributed by atoms with van der Waals surface area (Å²) in [4.78, 5) is 133. The summed E-state index contributed by atoms with van der Waals surface area (Å²) in [6, 6.07) is 17.0. The van der Waals surface area contributed by atoms with Crippen molar-refractivity contribution in [3.8, 4) is 5.75 Å². The topological polar surface area (TPSA) is 432 Å². The molecule has 26 nitrogen and oxygen atoms in total. The number of primary amides is 1. The van der Waals surface area contributed by atoms with Crippen molar-refractivity contribution in [1.29, 1.82) is 0 Å². The highest BCUT2D eigenvalue weighted by atomic mass is 32.1. The van der Waals surface area contributed by atoms with Gasteiger partial charge in [0.25, 0.3) is 5.69 Å². The van der Waals surface area contributed by atoms with Crippen molar-refractivity contribution < 1.29 is 63.4 Å². The first kappa shape index (κ1) is 67.0. The minimum atomic E-state index is -1.77. The number of amides is 9. The Morgan fingerprint density at radius 3 is 1.52 bits per heavy atom. The summed E-state index contributed by atoms with van der Waals surface area (Å²) in [6.07, 6.45) is -1.84. The number of anilines is 1. The number of carboxylic acids is 1. The van der Waals surface area contributed by atoms with Crippen molar-refractivity contribution in [3.63, 3.8) is 0 Å². The fourth-order valence-corrected chi connectivity index (χ4v) is 9.24. The Balaban J connectivity index is 1.37. The maximum Gasteiger partial charge on any atom is 0.326 e. The lowest BCUT2D eigenvalue weighted by atomic mass is 10.0. The number of aliphatic carboxylic acids is 1. The van der Waals surface area contributed by atoms with E-state index >= 15 is 0 Å². The van der Waals surface area contributed by atoms with Crippen LogP contribution in [0, 0.1) is 10.1 Å². The number of carbonyl (C=O) groups excluding carboxylic acids is 8. The standard InChI is InChI=1S/C57H70N12O14S2/c1-31(70)48(55(78)67-47(30-85)54(77)65-45(56(79)80)28-35-9-16-36-6-2-3-7-37(36)24-35)68-50(73)42(8-4-5-23-58)62-51(74)43(26-33-10-17-38(18-11-33)61-57(60)81)63-52(75)44(27-34-14-21-40(71)22-15-34)64-53(76)46(29-84)66-49(72)41(59)25-32-12-19-39(20-13-32)69(82)83/h2-3,6-7,9-22,24,31,41-48,70-71,84-85H,4-5,8,23,25-30,58-59H2,1H3,(H,62,74)(H,63,75)(H,64,76)(H,65,77)(H,66,72)(H,67,78)(H,68,73)(H,79,80)(H3,60,61,81)/t31-,41+,42+,43-,44+,45+,46-,47+,48+/m1/s1. The van der Waals surface area contributed by atoms with Crippen LogP contribution >= 0.6 is 25.3 Å². The number of phenolic OH excluding ortho intramolecular Hbond substituents is 1. The number of thiol groups is 2. The number of nitrogens with zero attached hydrogens (tertiary/aromatic N) is 1. The predicted octanol–water partition coefficient (Wildman–Crippen LogP) is 0.390. The number of hydrogen-bond donors (Lipinski definition) is 16. The summed E-state index contributed by atoms with van der Waals surface area (Å²) in [5.74, 6) is -8.70. The van der Waals surface area contributed by atoms with Crippen molar-refractivity contribution in [1.82, 2.24) is 37.2 Å². The minimum absolute atomic E-state index is 0.0695. The molecule has 0 aliphatic rings. The molecule has 28 heteroatoms. The van der Waals surface area contributed by atoms with Gasteiger partial charge in [0.05, 0.1) is 17.1 Å². The van der Waals surface area contributed by atoms with Gasteiger partial charge in [-0.1, -0.05) is 78.9 Å². The number of nitro benzene ring substituents is 1. The molecule has 5 aromatic rings. The number of hydrogen-bond acceptors (Lipinski definition) is 17. The number of aliphatic hydroxyl groups is 1. The van der Waals surface area contributed by atoms with E-state index in [0.717, 1.165) is 10.8 Å². The average molecular weight is 1210 g/mol. The second-order valence-electron chi connectivity index (χ2n) is 20.0. The van der Waals surface area contributed by atoms with E-state index in [1.807, 2.05) is 30.3 Å². The van der Waals surface area contributed by atoms with E-state index in [2.05, 4.69) is 67.8 Å². The van der Waals surface area contributed by atoms with Gasteiger partial charge >= 0.3 is 12.0 Å². The Kier molecular flexibility index (Phi) is 25.9. The number of aromatic hydroxyl groups is 1. The highest BCUT2D eigenvalue weighted by Crippen LogP contribution is 2.19. The third-order valence-electron chi connectivity index (χ3n) is 13.4. The number of nitrogens with two attached hydrogens (primary N) is 3. The average Bonchev–Trinajstić information content (AvgIpc) is 3.56. The van der Waals surface area contributed by atoms with Gasteiger partial charge in [-0.25, -0.2) is 9.59 Å². The molecule has 0 bridgehead atoms. The number of benzene rings is 5. The van der Waals surface area contributed by atoms with Gasteiger partial charge in [0, 0.05) is 48.6 Å². The molecule has 0 spiro atoms. The molecule has 0 aromatic heterocycles. The summed E-state index contributed by atoms with van der Waals surface area (Å²) in [5.41, 5.74) is 19.3. The van der Waals surface area contributed by atoms with E-state index in [0.29, 0.717) is 28.7 Å². The van der Waals surface area contributed by atoms with Crippen LogP contribution in [0.5, 0.6) is 5.75 Å². The van der Waals surface area contributed by atoms with Crippen molar-refractivity contribution in [2.45, 2.75) is 106 Å². The van der Waals surface area contributed by atoms with Gasteiger partial charge in [-0.05, 0) is 96.4 Å². The molecule has 0 aliphatic carbocycles. The normalized spacial score (nSPS) is 14.2. The number of rotatable bonds is 32. The molecule has 0 heterocycles. The number of carboxylic acid groups (broad SMARTS) is 1. The number of phenols is 1. The second-order valence-corrected chi connectivity index (χ2v) is 20.7. The largest absolute Gasteiger partial charge is 0.508 e. The number of aliphatic hydroxyl groups excluding tert-OH is 1. The Morgan fingerprint density at radius 1 is 0.553 bits per heavy atom. The summed E-state index contributed by atoms with van der Waals surface area (Å²) in [7, 11) is 0. The van der Waals surface area contributed by atoms with E-state index in [4.69, 9.17) is 17.2 Å². The van der Waals surface area contributed by atoms with Gasteiger partial charge in [-0.2, -0.15) is 25.3 Å². The maximum atomic E-state index is 14.7. The molecule has 5 rings (SSSR count). The molecule has 0 unspecified atom stereocenters. The van der Waals surface area contributed by atoms with Gasteiger partial charge in [0.2, 0.25) is 41.4 Å². The summed E-state index contributed by atoms with van der Waals surface area (Å²) in [5, 5.41) is 64.0. The highest BCUT2D eigenvalue weighted by Gasteiger charge is 2.36.